The molecule has 5 rings (SSSR count). The predicted octanol–water partition coefficient (Wildman–Crippen LogP) is 5.88. The van der Waals surface area contributed by atoms with Crippen molar-refractivity contribution in [1.82, 2.24) is 0 Å². The maximum absolute atomic E-state index is 10.8. The van der Waals surface area contributed by atoms with Gasteiger partial charge < -0.3 is 14.9 Å². The number of hydrogen-bond acceptors (Lipinski definition) is 3. The van der Waals surface area contributed by atoms with E-state index in [1.165, 1.54) is 44.1 Å². The minimum atomic E-state index is -0.543. The Bertz CT molecular complexity index is 722. The lowest BCUT2D eigenvalue weighted by Gasteiger charge is -2.60. The van der Waals surface area contributed by atoms with Gasteiger partial charge in [-0.3, -0.25) is 0 Å². The van der Waals surface area contributed by atoms with Crippen molar-refractivity contribution < 1.29 is 14.9 Å². The molecule has 4 saturated carbocycles. The molecular weight excluding hydrogens is 384 g/mol. The molecule has 0 aliphatic heterocycles. The zero-order chi connectivity index (χ0) is 22.1. The van der Waals surface area contributed by atoms with Crippen molar-refractivity contribution in [3.05, 3.63) is 11.6 Å². The summed E-state index contributed by atoms with van der Waals surface area (Å²) in [4.78, 5) is 0. The minimum Gasteiger partial charge on any atom is -0.390 e. The Labute approximate surface area is 190 Å². The maximum Gasteiger partial charge on any atom is 0.0657 e. The zero-order valence-corrected chi connectivity index (χ0v) is 20.5. The van der Waals surface area contributed by atoms with E-state index in [-0.39, 0.29) is 11.0 Å². The van der Waals surface area contributed by atoms with E-state index in [0.717, 1.165) is 74.7 Å². The number of methoxy groups -OCH3 is 1. The lowest BCUT2D eigenvalue weighted by Crippen LogP contribution is -2.54. The first-order valence-corrected chi connectivity index (χ1v) is 13.3. The lowest BCUT2D eigenvalue weighted by molar-refractivity contribution is -0.0976. The Morgan fingerprint density at radius 3 is 2.52 bits per heavy atom. The summed E-state index contributed by atoms with van der Waals surface area (Å²) < 4.78 is 5.88. The summed E-state index contributed by atoms with van der Waals surface area (Å²) in [6.07, 6.45) is 16.3. The van der Waals surface area contributed by atoms with Crippen LogP contribution >= 0.6 is 0 Å². The van der Waals surface area contributed by atoms with Gasteiger partial charge in [-0.25, -0.2) is 0 Å². The highest BCUT2D eigenvalue weighted by Crippen LogP contribution is 2.68. The van der Waals surface area contributed by atoms with Crippen LogP contribution in [0.5, 0.6) is 0 Å². The molecule has 0 spiro atoms. The van der Waals surface area contributed by atoms with Gasteiger partial charge in [-0.05, 0) is 119 Å². The van der Waals surface area contributed by atoms with Crippen LogP contribution in [0.25, 0.3) is 0 Å². The first-order valence-electron chi connectivity index (χ1n) is 13.3. The molecule has 0 radical (unpaired) electrons. The Morgan fingerprint density at radius 1 is 1.03 bits per heavy atom. The number of ether oxygens (including phenoxy) is 1. The molecule has 31 heavy (non-hydrogen) atoms. The normalized spacial score (nSPS) is 48.9. The van der Waals surface area contributed by atoms with Crippen molar-refractivity contribution in [3.8, 4) is 0 Å². The van der Waals surface area contributed by atoms with Crippen molar-refractivity contribution in [3.63, 3.8) is 0 Å². The fourth-order valence-electron chi connectivity index (χ4n) is 9.20. The summed E-state index contributed by atoms with van der Waals surface area (Å²) in [5.74, 6) is 3.88. The molecule has 0 aromatic heterocycles. The molecule has 8 atom stereocenters. The van der Waals surface area contributed by atoms with Crippen molar-refractivity contribution in [2.24, 2.45) is 40.4 Å². The molecule has 0 heterocycles. The van der Waals surface area contributed by atoms with Crippen LogP contribution in [0.2, 0.25) is 0 Å². The first kappa shape index (κ1) is 22.4. The third-order valence-electron chi connectivity index (χ3n) is 11.2. The number of hydrogen-bond donors (Lipinski definition) is 2. The third kappa shape index (κ3) is 3.66. The highest BCUT2D eigenvalue weighted by molar-refractivity contribution is 5.28. The summed E-state index contributed by atoms with van der Waals surface area (Å²) in [6.45, 7) is 7.96. The number of fused-ring (bicyclic) bond motifs is 5. The smallest absolute Gasteiger partial charge is 0.0657 e. The zero-order valence-electron chi connectivity index (χ0n) is 20.5. The number of rotatable bonds is 6. The molecule has 3 nitrogen and oxygen atoms in total. The van der Waals surface area contributed by atoms with E-state index < -0.39 is 5.60 Å². The molecule has 4 fully saturated rings. The Hall–Kier alpha value is -0.380. The predicted molar refractivity (Wildman–Crippen MR) is 125 cm³/mol. The largest absolute Gasteiger partial charge is 0.390 e. The summed E-state index contributed by atoms with van der Waals surface area (Å²) in [6, 6.07) is 0. The molecule has 0 aromatic carbocycles. The molecule has 0 amide bonds. The fourth-order valence-corrected chi connectivity index (χ4v) is 9.20. The van der Waals surface area contributed by atoms with Crippen LogP contribution in [0, 0.1) is 40.4 Å². The van der Waals surface area contributed by atoms with E-state index in [1.54, 1.807) is 0 Å². The third-order valence-corrected chi connectivity index (χ3v) is 11.2. The lowest BCUT2D eigenvalue weighted by atomic mass is 9.46. The fraction of sp³-hybridized carbons (Fsp3) is 0.929. The maximum atomic E-state index is 10.8. The second kappa shape index (κ2) is 7.57. The number of allylic oxidation sites excluding steroid dienone is 1. The van der Waals surface area contributed by atoms with Gasteiger partial charge in [0.05, 0.1) is 17.8 Å². The van der Waals surface area contributed by atoms with Crippen LogP contribution in [0.1, 0.15) is 97.8 Å². The van der Waals surface area contributed by atoms with Crippen LogP contribution in [-0.2, 0) is 4.74 Å². The van der Waals surface area contributed by atoms with Gasteiger partial charge in [0.15, 0.2) is 0 Å². The van der Waals surface area contributed by atoms with Crippen LogP contribution in [0.3, 0.4) is 0 Å². The van der Waals surface area contributed by atoms with Crippen molar-refractivity contribution in [1.29, 1.82) is 0 Å². The molecule has 0 bridgehead atoms. The summed E-state index contributed by atoms with van der Waals surface area (Å²) in [5, 5.41) is 21.2. The quantitative estimate of drug-likeness (QED) is 0.517. The van der Waals surface area contributed by atoms with Gasteiger partial charge in [-0.15, -0.1) is 0 Å². The first-order chi connectivity index (χ1) is 14.6. The molecule has 176 valence electrons. The minimum absolute atomic E-state index is 0.167. The van der Waals surface area contributed by atoms with Crippen LogP contribution < -0.4 is 0 Å². The van der Waals surface area contributed by atoms with Gasteiger partial charge in [-0.2, -0.15) is 0 Å². The van der Waals surface area contributed by atoms with E-state index in [4.69, 9.17) is 4.74 Å². The Morgan fingerprint density at radius 2 is 1.81 bits per heavy atom. The standard InChI is InChI=1S/C28H46O3/c1-19(9-12-27(30)14-15-27)22-7-8-23-21-6-5-20-17-25(2,29)13-16-28(20,18-31-4)24(21)10-11-26(22,23)3/h5,19,21-24,29-30H,6-18H2,1-4H3/t19-,21+,22-,23+,24+,25+,26-,28-/m1/s1. The number of aliphatic hydroxyl groups is 2. The highest BCUT2D eigenvalue weighted by atomic mass is 16.5. The van der Waals surface area contributed by atoms with Crippen molar-refractivity contribution in [2.45, 2.75) is 109 Å². The molecule has 0 aromatic rings. The van der Waals surface area contributed by atoms with Gasteiger partial charge in [0, 0.05) is 12.5 Å². The second-order valence-electron chi connectivity index (χ2n) is 13.1. The topological polar surface area (TPSA) is 49.7 Å². The van der Waals surface area contributed by atoms with E-state index in [2.05, 4.69) is 19.9 Å². The van der Waals surface area contributed by atoms with E-state index in [1.807, 2.05) is 14.0 Å². The Kier molecular flexibility index (Phi) is 5.47. The van der Waals surface area contributed by atoms with Crippen molar-refractivity contribution in [2.75, 3.05) is 13.7 Å². The van der Waals surface area contributed by atoms with E-state index in [0.29, 0.717) is 5.41 Å². The molecule has 2 N–H and O–H groups in total. The average Bonchev–Trinajstić information content (AvgIpc) is 3.34. The van der Waals surface area contributed by atoms with Crippen LogP contribution in [0.4, 0.5) is 0 Å². The van der Waals surface area contributed by atoms with Gasteiger partial charge in [0.2, 0.25) is 0 Å². The molecular formula is C28H46O3. The molecule has 3 heteroatoms. The molecule has 5 aliphatic carbocycles. The van der Waals surface area contributed by atoms with Gasteiger partial charge in [0.1, 0.15) is 0 Å². The van der Waals surface area contributed by atoms with Crippen molar-refractivity contribution >= 4 is 0 Å². The van der Waals surface area contributed by atoms with Crippen LogP contribution in [0.15, 0.2) is 11.6 Å². The van der Waals surface area contributed by atoms with E-state index in [9.17, 15) is 10.2 Å². The second-order valence-corrected chi connectivity index (χ2v) is 13.1. The molecule has 0 unspecified atom stereocenters. The molecule has 5 aliphatic rings. The van der Waals surface area contributed by atoms with Gasteiger partial charge in [-0.1, -0.05) is 25.5 Å². The summed E-state index contributed by atoms with van der Waals surface area (Å²) >= 11 is 0. The average molecular weight is 431 g/mol. The van der Waals surface area contributed by atoms with E-state index >= 15 is 0 Å². The van der Waals surface area contributed by atoms with Gasteiger partial charge in [0.25, 0.3) is 0 Å². The monoisotopic (exact) mass is 430 g/mol. The highest BCUT2D eigenvalue weighted by Gasteiger charge is 2.61. The molecule has 0 saturated heterocycles. The van der Waals surface area contributed by atoms with Crippen LogP contribution in [-0.4, -0.2) is 35.1 Å². The van der Waals surface area contributed by atoms with Gasteiger partial charge >= 0.3 is 0 Å². The summed E-state index contributed by atoms with van der Waals surface area (Å²) in [7, 11) is 1.87. The summed E-state index contributed by atoms with van der Waals surface area (Å²) in [5.41, 5.74) is 1.30. The SMILES string of the molecule is COC[C@]12CC[C@](C)(O)CC1=CC[C@@H]1[C@@H]2CC[C@]2(C)[C@@H]([C@H](C)CCC3(O)CC3)CC[C@@H]12. The Balaban J connectivity index is 1.37.